The van der Waals surface area contributed by atoms with E-state index in [1.165, 1.54) is 0 Å². The lowest BCUT2D eigenvalue weighted by atomic mass is 10.2. The fourth-order valence-electron chi connectivity index (χ4n) is 1.95. The monoisotopic (exact) mass is 293 g/mol. The summed E-state index contributed by atoms with van der Waals surface area (Å²) in [4.78, 5) is 14.1. The van der Waals surface area contributed by atoms with Crippen LogP contribution in [-0.2, 0) is 6.18 Å². The van der Waals surface area contributed by atoms with Crippen molar-refractivity contribution in [2.75, 3.05) is 18.0 Å². The van der Waals surface area contributed by atoms with Crippen LogP contribution in [0.2, 0.25) is 0 Å². The van der Waals surface area contributed by atoms with E-state index in [1.54, 1.807) is 0 Å². The van der Waals surface area contributed by atoms with Crippen LogP contribution in [0.5, 0.6) is 0 Å². The van der Waals surface area contributed by atoms with Gasteiger partial charge in [-0.3, -0.25) is 10.1 Å². The lowest BCUT2D eigenvalue weighted by Crippen LogP contribution is -2.23. The van der Waals surface area contributed by atoms with Gasteiger partial charge in [0.15, 0.2) is 0 Å². The van der Waals surface area contributed by atoms with Gasteiger partial charge in [0.25, 0.3) is 0 Å². The second-order valence-corrected chi connectivity index (χ2v) is 4.35. The van der Waals surface area contributed by atoms with E-state index >= 15 is 0 Å². The van der Waals surface area contributed by atoms with Crippen LogP contribution >= 0.6 is 0 Å². The number of hydrogen-bond acceptors (Lipinski definition) is 6. The third-order valence-corrected chi connectivity index (χ3v) is 2.95. The summed E-state index contributed by atoms with van der Waals surface area (Å²) in [5.74, 6) is 0. The van der Waals surface area contributed by atoms with Gasteiger partial charge < -0.3 is 15.1 Å². The minimum absolute atomic E-state index is 0.191. The summed E-state index contributed by atoms with van der Waals surface area (Å²) in [5, 5.41) is 29.6. The fourth-order valence-corrected chi connectivity index (χ4v) is 1.95. The Labute approximate surface area is 110 Å². The van der Waals surface area contributed by atoms with Crippen LogP contribution in [0.25, 0.3) is 0 Å². The number of alkyl halides is 3. The molecule has 0 saturated carbocycles. The predicted octanol–water partition coefficient (Wildman–Crippen LogP) is 0.550. The maximum Gasteiger partial charge on any atom is 0.433 e. The Balaban J connectivity index is 2.45. The maximum atomic E-state index is 12.6. The van der Waals surface area contributed by atoms with Gasteiger partial charge in [0.05, 0.1) is 17.1 Å². The number of aliphatic hydroxyl groups is 2. The first-order valence-corrected chi connectivity index (χ1v) is 5.53. The molecule has 0 radical (unpaired) electrons. The Hall–Kier alpha value is -1.94. The summed E-state index contributed by atoms with van der Waals surface area (Å²) >= 11 is 0. The summed E-state index contributed by atoms with van der Waals surface area (Å²) < 4.78 is 37.8. The van der Waals surface area contributed by atoms with Gasteiger partial charge in [-0.1, -0.05) is 0 Å². The molecule has 0 aromatic carbocycles. The highest BCUT2D eigenvalue weighted by molar-refractivity contribution is 5.63. The van der Waals surface area contributed by atoms with Crippen LogP contribution in [-0.4, -0.2) is 45.4 Å². The molecule has 0 amide bonds. The Bertz CT molecular complexity index is 527. The van der Waals surface area contributed by atoms with Crippen molar-refractivity contribution < 1.29 is 28.3 Å². The van der Waals surface area contributed by atoms with Gasteiger partial charge in [-0.05, 0) is 6.07 Å². The standard InChI is InChI=1S/C10H10F3N3O4/c11-10(12,13)9-1-5(6(2-14-9)16(19)20)15-3-7(17)8(18)4-15/h1-2,7-8,17-18H,3-4H2. The minimum Gasteiger partial charge on any atom is -0.389 e. The zero-order valence-corrected chi connectivity index (χ0v) is 9.91. The first kappa shape index (κ1) is 14.5. The zero-order chi connectivity index (χ0) is 15.1. The number of pyridine rings is 1. The third-order valence-electron chi connectivity index (χ3n) is 2.95. The highest BCUT2D eigenvalue weighted by Gasteiger charge is 2.38. The van der Waals surface area contributed by atoms with E-state index in [0.717, 1.165) is 4.90 Å². The molecule has 1 saturated heterocycles. The van der Waals surface area contributed by atoms with Gasteiger partial charge in [0, 0.05) is 13.1 Å². The van der Waals surface area contributed by atoms with Crippen molar-refractivity contribution in [2.24, 2.45) is 0 Å². The molecule has 20 heavy (non-hydrogen) atoms. The van der Waals surface area contributed by atoms with Crippen LogP contribution < -0.4 is 4.90 Å². The van der Waals surface area contributed by atoms with Gasteiger partial charge in [-0.2, -0.15) is 13.2 Å². The number of nitro groups is 1. The van der Waals surface area contributed by atoms with E-state index < -0.39 is 34.7 Å². The summed E-state index contributed by atoms with van der Waals surface area (Å²) in [6.45, 7) is -0.382. The molecule has 1 aliphatic heterocycles. The first-order chi connectivity index (χ1) is 9.20. The van der Waals surface area contributed by atoms with Crippen LogP contribution in [0.15, 0.2) is 12.3 Å². The van der Waals surface area contributed by atoms with Crippen molar-refractivity contribution in [2.45, 2.75) is 18.4 Å². The van der Waals surface area contributed by atoms with Gasteiger partial charge in [-0.15, -0.1) is 0 Å². The quantitative estimate of drug-likeness (QED) is 0.610. The van der Waals surface area contributed by atoms with Crippen molar-refractivity contribution in [3.8, 4) is 0 Å². The SMILES string of the molecule is O=[N+]([O-])c1cnc(C(F)(F)F)cc1N1CC(O)C(O)C1. The van der Waals surface area contributed by atoms with Crippen molar-refractivity contribution in [1.29, 1.82) is 0 Å². The van der Waals surface area contributed by atoms with Crippen molar-refractivity contribution in [3.63, 3.8) is 0 Å². The summed E-state index contributed by atoms with van der Waals surface area (Å²) in [6, 6.07) is 0.545. The molecule has 0 spiro atoms. The second kappa shape index (κ2) is 4.87. The number of aliphatic hydroxyl groups excluding tert-OH is 2. The van der Waals surface area contributed by atoms with E-state index in [2.05, 4.69) is 4.98 Å². The molecular weight excluding hydrogens is 283 g/mol. The van der Waals surface area contributed by atoms with Crippen LogP contribution in [0.4, 0.5) is 24.5 Å². The van der Waals surface area contributed by atoms with E-state index in [1.807, 2.05) is 0 Å². The molecule has 2 atom stereocenters. The van der Waals surface area contributed by atoms with Gasteiger partial charge in [-0.25, -0.2) is 4.98 Å². The van der Waals surface area contributed by atoms with E-state index in [9.17, 15) is 33.5 Å². The molecule has 2 rings (SSSR count). The van der Waals surface area contributed by atoms with Gasteiger partial charge in [0.1, 0.15) is 17.6 Å². The summed E-state index contributed by atoms with van der Waals surface area (Å²) in [5.41, 5.74) is -2.21. The molecule has 0 bridgehead atoms. The Morgan fingerprint density at radius 3 is 2.35 bits per heavy atom. The molecule has 1 aliphatic rings. The second-order valence-electron chi connectivity index (χ2n) is 4.35. The lowest BCUT2D eigenvalue weighted by molar-refractivity contribution is -0.384. The minimum atomic E-state index is -4.74. The Morgan fingerprint density at radius 1 is 1.35 bits per heavy atom. The lowest BCUT2D eigenvalue weighted by Gasteiger charge is -2.18. The van der Waals surface area contributed by atoms with Gasteiger partial charge >= 0.3 is 11.9 Å². The number of halogens is 3. The van der Waals surface area contributed by atoms with Gasteiger partial charge in [0.2, 0.25) is 0 Å². The summed E-state index contributed by atoms with van der Waals surface area (Å²) in [6.07, 6.45) is -6.55. The van der Waals surface area contributed by atoms with E-state index in [0.29, 0.717) is 12.3 Å². The third kappa shape index (κ3) is 2.65. The van der Waals surface area contributed by atoms with Crippen LogP contribution in [0.1, 0.15) is 5.69 Å². The average Bonchev–Trinajstić information content (AvgIpc) is 2.67. The molecule has 2 N–H and O–H groups in total. The largest absolute Gasteiger partial charge is 0.433 e. The molecule has 1 aromatic heterocycles. The fraction of sp³-hybridized carbons (Fsp3) is 0.500. The molecule has 2 heterocycles. The van der Waals surface area contributed by atoms with Crippen molar-refractivity contribution in [3.05, 3.63) is 28.1 Å². The van der Waals surface area contributed by atoms with Crippen molar-refractivity contribution in [1.82, 2.24) is 4.98 Å². The molecule has 110 valence electrons. The van der Waals surface area contributed by atoms with Crippen molar-refractivity contribution >= 4 is 11.4 Å². The molecule has 2 unspecified atom stereocenters. The normalized spacial score (nSPS) is 23.1. The Kier molecular flexibility index (Phi) is 3.52. The maximum absolute atomic E-state index is 12.6. The molecule has 7 nitrogen and oxygen atoms in total. The smallest absolute Gasteiger partial charge is 0.389 e. The zero-order valence-electron chi connectivity index (χ0n) is 9.91. The molecular formula is C10H10F3N3O4. The number of β-amino-alcohol motifs (C(OH)–C–C–N with tert-alkyl or cyclic N) is 2. The number of aromatic nitrogens is 1. The number of rotatable bonds is 2. The van der Waals surface area contributed by atoms with E-state index in [4.69, 9.17) is 0 Å². The van der Waals surface area contributed by atoms with Crippen LogP contribution in [0, 0.1) is 10.1 Å². The van der Waals surface area contributed by atoms with Crippen LogP contribution in [0.3, 0.4) is 0 Å². The average molecular weight is 293 g/mol. The molecule has 10 heteroatoms. The number of anilines is 1. The predicted molar refractivity (Wildman–Crippen MR) is 60.1 cm³/mol. The van der Waals surface area contributed by atoms with E-state index in [-0.39, 0.29) is 18.8 Å². The highest BCUT2D eigenvalue weighted by atomic mass is 19.4. The Morgan fingerprint density at radius 2 is 1.90 bits per heavy atom. The topological polar surface area (TPSA) is 99.7 Å². The highest BCUT2D eigenvalue weighted by Crippen LogP contribution is 2.36. The number of nitrogens with zero attached hydrogens (tertiary/aromatic N) is 3. The molecule has 1 fully saturated rings. The first-order valence-electron chi connectivity index (χ1n) is 5.53. The molecule has 0 aliphatic carbocycles. The summed E-state index contributed by atoms with van der Waals surface area (Å²) in [7, 11) is 0. The number of hydrogen-bond donors (Lipinski definition) is 2. The molecule has 1 aromatic rings.